The van der Waals surface area contributed by atoms with E-state index in [-0.39, 0.29) is 0 Å². The highest BCUT2D eigenvalue weighted by molar-refractivity contribution is 9.10. The van der Waals surface area contributed by atoms with Gasteiger partial charge in [0.2, 0.25) is 0 Å². The van der Waals surface area contributed by atoms with Gasteiger partial charge in [0.25, 0.3) is 0 Å². The Balaban J connectivity index is 2.53. The van der Waals surface area contributed by atoms with Crippen LogP contribution in [0.15, 0.2) is 22.8 Å². The third kappa shape index (κ3) is 4.70. The first-order chi connectivity index (χ1) is 7.26. The van der Waals surface area contributed by atoms with Gasteiger partial charge in [0.1, 0.15) is 0 Å². The molecule has 0 aromatic carbocycles. The molecular formula is C10H15BrN2O2. The Kier molecular flexibility index (Phi) is 5.78. The zero-order chi connectivity index (χ0) is 11.1. The van der Waals surface area contributed by atoms with Gasteiger partial charge in [0, 0.05) is 10.7 Å². The Labute approximate surface area is 98.2 Å². The van der Waals surface area contributed by atoms with Crippen molar-refractivity contribution in [1.29, 1.82) is 0 Å². The van der Waals surface area contributed by atoms with Crippen LogP contribution in [0.1, 0.15) is 19.5 Å². The lowest BCUT2D eigenvalue weighted by Gasteiger charge is -2.18. The smallest absolute Gasteiger partial charge is 0.0939 e. The van der Waals surface area contributed by atoms with Gasteiger partial charge in [-0.15, -0.1) is 0 Å². The van der Waals surface area contributed by atoms with Crippen molar-refractivity contribution in [2.75, 3.05) is 13.2 Å². The zero-order valence-electron chi connectivity index (χ0n) is 8.94. The minimum Gasteiger partial charge on any atom is -0.274 e. The van der Waals surface area contributed by atoms with Crippen LogP contribution in [0.5, 0.6) is 0 Å². The molecule has 0 spiro atoms. The van der Waals surface area contributed by atoms with Crippen LogP contribution in [0.4, 0.5) is 0 Å². The Bertz CT molecular complexity index is 273. The number of pyridine rings is 1. The van der Waals surface area contributed by atoms with Crippen molar-refractivity contribution in [3.63, 3.8) is 0 Å². The second-order valence-electron chi connectivity index (χ2n) is 2.79. The van der Waals surface area contributed by atoms with Gasteiger partial charge in [-0.1, -0.05) is 5.23 Å². The molecule has 4 nitrogen and oxygen atoms in total. The van der Waals surface area contributed by atoms with Gasteiger partial charge in [-0.25, -0.2) is 0 Å². The highest BCUT2D eigenvalue weighted by atomic mass is 79.9. The summed E-state index contributed by atoms with van der Waals surface area (Å²) >= 11 is 3.33. The van der Waals surface area contributed by atoms with Crippen molar-refractivity contribution in [2.45, 2.75) is 20.4 Å². The van der Waals surface area contributed by atoms with E-state index < -0.39 is 0 Å². The second-order valence-corrected chi connectivity index (χ2v) is 3.71. The molecule has 0 radical (unpaired) electrons. The lowest BCUT2D eigenvalue weighted by Crippen LogP contribution is -2.24. The van der Waals surface area contributed by atoms with Gasteiger partial charge in [0.15, 0.2) is 0 Å². The molecule has 0 atom stereocenters. The molecule has 0 unspecified atom stereocenters. The maximum absolute atomic E-state index is 5.28. The zero-order valence-corrected chi connectivity index (χ0v) is 10.5. The Hall–Kier alpha value is -0.490. The van der Waals surface area contributed by atoms with Gasteiger partial charge < -0.3 is 0 Å². The maximum Gasteiger partial charge on any atom is 0.0939 e. The van der Waals surface area contributed by atoms with E-state index in [0.717, 1.165) is 10.2 Å². The molecule has 0 N–H and O–H groups in total. The van der Waals surface area contributed by atoms with Gasteiger partial charge in [-0.05, 0) is 41.9 Å². The Morgan fingerprint density at radius 1 is 1.27 bits per heavy atom. The number of hydroxylamine groups is 2. The molecule has 1 heterocycles. The van der Waals surface area contributed by atoms with E-state index in [9.17, 15) is 0 Å². The molecule has 15 heavy (non-hydrogen) atoms. The highest BCUT2D eigenvalue weighted by Crippen LogP contribution is 2.09. The lowest BCUT2D eigenvalue weighted by atomic mass is 10.3. The monoisotopic (exact) mass is 274 g/mol. The van der Waals surface area contributed by atoms with Crippen LogP contribution in [0, 0.1) is 0 Å². The first-order valence-electron chi connectivity index (χ1n) is 4.90. The van der Waals surface area contributed by atoms with E-state index in [0.29, 0.717) is 19.8 Å². The third-order valence-electron chi connectivity index (χ3n) is 1.63. The standard InChI is InChI=1S/C10H15BrN2O2/c1-3-14-13(15-4-2)8-10-6-5-9(11)7-12-10/h5-7H,3-4,8H2,1-2H3. The summed E-state index contributed by atoms with van der Waals surface area (Å²) in [5, 5.41) is 1.45. The van der Waals surface area contributed by atoms with Crippen molar-refractivity contribution in [3.8, 4) is 0 Å². The van der Waals surface area contributed by atoms with E-state index in [2.05, 4.69) is 20.9 Å². The summed E-state index contributed by atoms with van der Waals surface area (Å²) in [5.41, 5.74) is 0.903. The summed E-state index contributed by atoms with van der Waals surface area (Å²) in [5.74, 6) is 0. The quantitative estimate of drug-likeness (QED) is 0.747. The Morgan fingerprint density at radius 3 is 2.40 bits per heavy atom. The third-order valence-corrected chi connectivity index (χ3v) is 2.10. The average Bonchev–Trinajstić information content (AvgIpc) is 2.22. The molecule has 0 aliphatic carbocycles. The molecule has 0 fully saturated rings. The van der Waals surface area contributed by atoms with E-state index in [4.69, 9.17) is 9.68 Å². The fourth-order valence-electron chi connectivity index (χ4n) is 1.05. The van der Waals surface area contributed by atoms with Crippen molar-refractivity contribution >= 4 is 15.9 Å². The van der Waals surface area contributed by atoms with Gasteiger partial charge in [-0.3, -0.25) is 14.7 Å². The topological polar surface area (TPSA) is 34.6 Å². The lowest BCUT2D eigenvalue weighted by molar-refractivity contribution is -0.372. The van der Waals surface area contributed by atoms with Gasteiger partial charge in [0.05, 0.1) is 25.5 Å². The minimum absolute atomic E-state index is 0.523. The van der Waals surface area contributed by atoms with Crippen LogP contribution in [-0.4, -0.2) is 23.4 Å². The fourth-order valence-corrected chi connectivity index (χ4v) is 1.28. The number of aromatic nitrogens is 1. The first kappa shape index (κ1) is 12.6. The van der Waals surface area contributed by atoms with E-state index in [1.165, 1.54) is 5.23 Å². The molecule has 84 valence electrons. The molecular weight excluding hydrogens is 260 g/mol. The Morgan fingerprint density at radius 2 is 1.93 bits per heavy atom. The van der Waals surface area contributed by atoms with Crippen LogP contribution in [0.2, 0.25) is 0 Å². The van der Waals surface area contributed by atoms with Crippen LogP contribution in [-0.2, 0) is 16.2 Å². The highest BCUT2D eigenvalue weighted by Gasteiger charge is 2.06. The predicted molar refractivity (Wildman–Crippen MR) is 60.7 cm³/mol. The van der Waals surface area contributed by atoms with Crippen LogP contribution >= 0.6 is 15.9 Å². The number of hydrogen-bond acceptors (Lipinski definition) is 4. The largest absolute Gasteiger partial charge is 0.274 e. The first-order valence-corrected chi connectivity index (χ1v) is 5.69. The molecule has 5 heteroatoms. The molecule has 0 aliphatic heterocycles. The van der Waals surface area contributed by atoms with E-state index in [1.807, 2.05) is 26.0 Å². The fraction of sp³-hybridized carbons (Fsp3) is 0.500. The number of rotatable bonds is 6. The van der Waals surface area contributed by atoms with Crippen molar-refractivity contribution in [2.24, 2.45) is 0 Å². The van der Waals surface area contributed by atoms with E-state index >= 15 is 0 Å². The molecule has 0 saturated heterocycles. The summed E-state index contributed by atoms with van der Waals surface area (Å²) in [6, 6.07) is 3.87. The number of nitrogens with zero attached hydrogens (tertiary/aromatic N) is 2. The average molecular weight is 275 g/mol. The van der Waals surface area contributed by atoms with Crippen LogP contribution in [0.3, 0.4) is 0 Å². The van der Waals surface area contributed by atoms with Gasteiger partial charge in [-0.2, -0.15) is 0 Å². The summed E-state index contributed by atoms with van der Waals surface area (Å²) in [4.78, 5) is 14.8. The SMILES string of the molecule is CCON(Cc1ccc(Br)cn1)OCC. The predicted octanol–water partition coefficient (Wildman–Crippen LogP) is 2.55. The molecule has 0 amide bonds. The van der Waals surface area contributed by atoms with Crippen LogP contribution < -0.4 is 0 Å². The van der Waals surface area contributed by atoms with Crippen LogP contribution in [0.25, 0.3) is 0 Å². The molecule has 1 rings (SSSR count). The number of halogens is 1. The molecule has 0 aliphatic rings. The van der Waals surface area contributed by atoms with Crippen molar-refractivity contribution < 1.29 is 9.68 Å². The summed E-state index contributed by atoms with van der Waals surface area (Å²) in [6.45, 7) is 5.52. The van der Waals surface area contributed by atoms with Crippen molar-refractivity contribution in [3.05, 3.63) is 28.5 Å². The molecule has 0 saturated carbocycles. The van der Waals surface area contributed by atoms with E-state index in [1.54, 1.807) is 6.20 Å². The van der Waals surface area contributed by atoms with Gasteiger partial charge >= 0.3 is 0 Å². The summed E-state index contributed by atoms with van der Waals surface area (Å²) in [6.07, 6.45) is 1.76. The summed E-state index contributed by atoms with van der Waals surface area (Å²) in [7, 11) is 0. The maximum atomic E-state index is 5.28. The second kappa shape index (κ2) is 6.90. The summed E-state index contributed by atoms with van der Waals surface area (Å²) < 4.78 is 0.964. The molecule has 1 aromatic heterocycles. The minimum atomic E-state index is 0.523. The molecule has 1 aromatic rings. The number of hydrogen-bond donors (Lipinski definition) is 0. The van der Waals surface area contributed by atoms with Crippen molar-refractivity contribution in [1.82, 2.24) is 10.2 Å². The normalized spacial score (nSPS) is 10.9. The molecule has 0 bridgehead atoms.